The minimum atomic E-state index is -0.775. The molecule has 118 valence electrons. The van der Waals surface area contributed by atoms with Crippen LogP contribution in [0.5, 0.6) is 5.75 Å². The predicted octanol–water partition coefficient (Wildman–Crippen LogP) is 3.05. The SMILES string of the molecule is CCCNCc1ccc(OC(CC)C(=O)OCC)c(F)c1. The van der Waals surface area contributed by atoms with Gasteiger partial charge in [-0.15, -0.1) is 0 Å². The van der Waals surface area contributed by atoms with E-state index in [1.165, 1.54) is 6.07 Å². The third-order valence-electron chi connectivity index (χ3n) is 2.94. The van der Waals surface area contributed by atoms with Gasteiger partial charge in [0.1, 0.15) is 0 Å². The molecule has 0 aromatic heterocycles. The highest BCUT2D eigenvalue weighted by Gasteiger charge is 2.21. The van der Waals surface area contributed by atoms with Gasteiger partial charge in [-0.3, -0.25) is 0 Å². The van der Waals surface area contributed by atoms with Crippen LogP contribution in [0, 0.1) is 5.82 Å². The zero-order valence-electron chi connectivity index (χ0n) is 12.9. The zero-order valence-corrected chi connectivity index (χ0v) is 12.9. The molecular formula is C16H24FNO3. The molecule has 1 atom stereocenters. The Balaban J connectivity index is 2.68. The summed E-state index contributed by atoms with van der Waals surface area (Å²) in [6, 6.07) is 4.77. The molecule has 1 aromatic carbocycles. The van der Waals surface area contributed by atoms with Crippen molar-refractivity contribution >= 4 is 5.97 Å². The third kappa shape index (κ3) is 5.71. The van der Waals surface area contributed by atoms with E-state index in [9.17, 15) is 9.18 Å². The Hall–Kier alpha value is -1.62. The number of hydrogen-bond acceptors (Lipinski definition) is 4. The van der Waals surface area contributed by atoms with E-state index in [1.54, 1.807) is 26.0 Å². The molecule has 0 aliphatic rings. The number of halogens is 1. The van der Waals surface area contributed by atoms with Crippen molar-refractivity contribution in [1.29, 1.82) is 0 Å². The lowest BCUT2D eigenvalue weighted by Crippen LogP contribution is -2.29. The lowest BCUT2D eigenvalue weighted by molar-refractivity contribution is -0.151. The minimum Gasteiger partial charge on any atom is -0.476 e. The van der Waals surface area contributed by atoms with Crippen LogP contribution in [0.3, 0.4) is 0 Å². The van der Waals surface area contributed by atoms with Crippen molar-refractivity contribution in [3.8, 4) is 5.75 Å². The smallest absolute Gasteiger partial charge is 0.347 e. The molecule has 21 heavy (non-hydrogen) atoms. The van der Waals surface area contributed by atoms with Crippen molar-refractivity contribution < 1.29 is 18.7 Å². The number of esters is 1. The van der Waals surface area contributed by atoms with Crippen LogP contribution in [0.4, 0.5) is 4.39 Å². The highest BCUT2D eigenvalue weighted by atomic mass is 19.1. The molecule has 5 heteroatoms. The van der Waals surface area contributed by atoms with Crippen molar-refractivity contribution in [2.24, 2.45) is 0 Å². The Labute approximate surface area is 125 Å². The van der Waals surface area contributed by atoms with Gasteiger partial charge < -0.3 is 14.8 Å². The van der Waals surface area contributed by atoms with E-state index < -0.39 is 17.9 Å². The van der Waals surface area contributed by atoms with Gasteiger partial charge in [-0.2, -0.15) is 0 Å². The van der Waals surface area contributed by atoms with Gasteiger partial charge in [0.05, 0.1) is 6.61 Å². The van der Waals surface area contributed by atoms with E-state index in [4.69, 9.17) is 9.47 Å². The number of benzene rings is 1. The molecule has 1 rings (SSSR count). The summed E-state index contributed by atoms with van der Waals surface area (Å²) in [5.74, 6) is -0.851. The summed E-state index contributed by atoms with van der Waals surface area (Å²) in [5.41, 5.74) is 0.845. The highest BCUT2D eigenvalue weighted by molar-refractivity contribution is 5.75. The number of carbonyl (C=O) groups is 1. The first kappa shape index (κ1) is 17.4. The fourth-order valence-electron chi connectivity index (χ4n) is 1.85. The summed E-state index contributed by atoms with van der Waals surface area (Å²) in [5, 5.41) is 3.20. The molecule has 0 heterocycles. The summed E-state index contributed by atoms with van der Waals surface area (Å²) in [6.07, 6.45) is 0.683. The number of nitrogens with one attached hydrogen (secondary N) is 1. The molecule has 1 unspecified atom stereocenters. The Kier molecular flexibility index (Phi) is 7.75. The highest BCUT2D eigenvalue weighted by Crippen LogP contribution is 2.21. The van der Waals surface area contributed by atoms with Crippen LogP contribution in [0.25, 0.3) is 0 Å². The number of ether oxygens (including phenoxy) is 2. The molecule has 0 aliphatic heterocycles. The van der Waals surface area contributed by atoms with Gasteiger partial charge in [-0.25, -0.2) is 9.18 Å². The van der Waals surface area contributed by atoms with E-state index in [1.807, 2.05) is 0 Å². The van der Waals surface area contributed by atoms with Gasteiger partial charge >= 0.3 is 5.97 Å². The first-order chi connectivity index (χ1) is 10.1. The van der Waals surface area contributed by atoms with Gasteiger partial charge in [-0.05, 0) is 44.0 Å². The van der Waals surface area contributed by atoms with Crippen LogP contribution in [0.2, 0.25) is 0 Å². The number of rotatable bonds is 9. The molecule has 0 amide bonds. The Morgan fingerprint density at radius 3 is 2.67 bits per heavy atom. The molecule has 1 aromatic rings. The predicted molar refractivity (Wildman–Crippen MR) is 79.7 cm³/mol. The maximum absolute atomic E-state index is 14.0. The lowest BCUT2D eigenvalue weighted by Gasteiger charge is -2.16. The minimum absolute atomic E-state index is 0.0779. The summed E-state index contributed by atoms with van der Waals surface area (Å²) >= 11 is 0. The van der Waals surface area contributed by atoms with Crippen molar-refractivity contribution in [2.45, 2.75) is 46.3 Å². The maximum atomic E-state index is 14.0. The first-order valence-electron chi connectivity index (χ1n) is 7.44. The monoisotopic (exact) mass is 297 g/mol. The van der Waals surface area contributed by atoms with Gasteiger partial charge in [0.25, 0.3) is 0 Å². The number of hydrogen-bond donors (Lipinski definition) is 1. The van der Waals surface area contributed by atoms with E-state index in [0.717, 1.165) is 18.5 Å². The quantitative estimate of drug-likeness (QED) is 0.562. The van der Waals surface area contributed by atoms with Crippen LogP contribution in [0.15, 0.2) is 18.2 Å². The molecule has 0 spiro atoms. The molecule has 1 N–H and O–H groups in total. The van der Waals surface area contributed by atoms with Crippen LogP contribution in [0.1, 0.15) is 39.2 Å². The average molecular weight is 297 g/mol. The second kappa shape index (κ2) is 9.34. The molecule has 0 aliphatic carbocycles. The molecular weight excluding hydrogens is 273 g/mol. The van der Waals surface area contributed by atoms with E-state index in [0.29, 0.717) is 13.0 Å². The summed E-state index contributed by atoms with van der Waals surface area (Å²) in [6.45, 7) is 7.38. The Morgan fingerprint density at radius 2 is 2.10 bits per heavy atom. The standard InChI is InChI=1S/C16H24FNO3/c1-4-9-18-11-12-7-8-15(13(17)10-12)21-14(5-2)16(19)20-6-3/h7-8,10,14,18H,4-6,9,11H2,1-3H3. The van der Waals surface area contributed by atoms with Crippen LogP contribution in [-0.4, -0.2) is 25.2 Å². The lowest BCUT2D eigenvalue weighted by atomic mass is 10.2. The second-order valence-corrected chi connectivity index (χ2v) is 4.71. The fraction of sp³-hybridized carbons (Fsp3) is 0.562. The van der Waals surface area contributed by atoms with Crippen molar-refractivity contribution in [3.63, 3.8) is 0 Å². The fourth-order valence-corrected chi connectivity index (χ4v) is 1.85. The molecule has 0 bridgehead atoms. The van der Waals surface area contributed by atoms with Gasteiger partial charge in [0, 0.05) is 6.54 Å². The maximum Gasteiger partial charge on any atom is 0.347 e. The van der Waals surface area contributed by atoms with E-state index in [-0.39, 0.29) is 12.4 Å². The molecule has 0 fully saturated rings. The van der Waals surface area contributed by atoms with Gasteiger partial charge in [-0.1, -0.05) is 19.9 Å². The number of carbonyl (C=O) groups excluding carboxylic acids is 1. The molecule has 0 saturated heterocycles. The Morgan fingerprint density at radius 1 is 1.33 bits per heavy atom. The normalized spacial score (nSPS) is 12.0. The van der Waals surface area contributed by atoms with Gasteiger partial charge in [0.2, 0.25) is 0 Å². The van der Waals surface area contributed by atoms with Gasteiger partial charge in [0.15, 0.2) is 17.7 Å². The molecule has 0 radical (unpaired) electrons. The average Bonchev–Trinajstić information content (AvgIpc) is 2.47. The summed E-state index contributed by atoms with van der Waals surface area (Å²) in [7, 11) is 0. The van der Waals surface area contributed by atoms with Crippen LogP contribution in [-0.2, 0) is 16.1 Å². The largest absolute Gasteiger partial charge is 0.476 e. The van der Waals surface area contributed by atoms with Crippen LogP contribution < -0.4 is 10.1 Å². The second-order valence-electron chi connectivity index (χ2n) is 4.71. The van der Waals surface area contributed by atoms with Crippen molar-refractivity contribution in [2.75, 3.05) is 13.2 Å². The first-order valence-corrected chi connectivity index (χ1v) is 7.44. The zero-order chi connectivity index (χ0) is 15.7. The molecule has 0 saturated carbocycles. The van der Waals surface area contributed by atoms with E-state index in [2.05, 4.69) is 12.2 Å². The topological polar surface area (TPSA) is 47.6 Å². The van der Waals surface area contributed by atoms with E-state index >= 15 is 0 Å². The molecule has 4 nitrogen and oxygen atoms in total. The van der Waals surface area contributed by atoms with Crippen molar-refractivity contribution in [3.05, 3.63) is 29.6 Å². The van der Waals surface area contributed by atoms with Crippen LogP contribution >= 0.6 is 0 Å². The summed E-state index contributed by atoms with van der Waals surface area (Å²) in [4.78, 5) is 11.7. The summed E-state index contributed by atoms with van der Waals surface area (Å²) < 4.78 is 24.3. The van der Waals surface area contributed by atoms with Crippen molar-refractivity contribution in [1.82, 2.24) is 5.32 Å². The Bertz CT molecular complexity index is 451. The third-order valence-corrected chi connectivity index (χ3v) is 2.94.